The molecule has 0 atom stereocenters. The van der Waals surface area contributed by atoms with Gasteiger partial charge in [-0.05, 0) is 145 Å². The third-order valence-corrected chi connectivity index (χ3v) is 12.8. The standard InChI is InChI=1S/C62H40/c1-2-17-41(18-3-1)44-21-14-24-47(37-44)59-51-27-6-8-29-53(51)60(54-30-9-7-28-52(54)59)48-25-15-22-45(39-48)46-23-16-26-49(40-46)61-55-31-10-12-33-57(55)62(58-34-13-11-32-56(58)61)50-36-35-42-19-4-5-20-43(42)38-50/h1-40H. The van der Waals surface area contributed by atoms with Gasteiger partial charge < -0.3 is 0 Å². The smallest absolute Gasteiger partial charge is 0.00262 e. The molecule has 0 heterocycles. The van der Waals surface area contributed by atoms with Crippen LogP contribution in [0.4, 0.5) is 0 Å². The minimum Gasteiger partial charge on any atom is -0.0622 e. The molecule has 0 spiro atoms. The van der Waals surface area contributed by atoms with Crippen LogP contribution in [0.3, 0.4) is 0 Å². The lowest BCUT2D eigenvalue weighted by atomic mass is 9.84. The van der Waals surface area contributed by atoms with Gasteiger partial charge in [-0.1, -0.05) is 218 Å². The maximum Gasteiger partial charge on any atom is -0.00262 e. The van der Waals surface area contributed by atoms with Crippen LogP contribution < -0.4 is 0 Å². The molecule has 0 saturated carbocycles. The summed E-state index contributed by atoms with van der Waals surface area (Å²) in [4.78, 5) is 0. The molecule has 0 saturated heterocycles. The Kier molecular flexibility index (Phi) is 8.61. The van der Waals surface area contributed by atoms with E-state index >= 15 is 0 Å². The van der Waals surface area contributed by atoms with Crippen molar-refractivity contribution in [3.63, 3.8) is 0 Å². The highest BCUT2D eigenvalue weighted by atomic mass is 14.2. The Morgan fingerprint density at radius 1 is 0.145 bits per heavy atom. The molecule has 0 nitrogen and oxygen atoms in total. The summed E-state index contributed by atoms with van der Waals surface area (Å²) in [6.07, 6.45) is 0. The van der Waals surface area contributed by atoms with Crippen LogP contribution >= 0.6 is 0 Å². The third kappa shape index (κ3) is 5.99. The van der Waals surface area contributed by atoms with Crippen molar-refractivity contribution in [2.24, 2.45) is 0 Å². The monoisotopic (exact) mass is 784 g/mol. The van der Waals surface area contributed by atoms with Crippen LogP contribution in [0.5, 0.6) is 0 Å². The van der Waals surface area contributed by atoms with E-state index in [9.17, 15) is 0 Å². The Morgan fingerprint density at radius 3 is 0.806 bits per heavy atom. The fourth-order valence-electron chi connectivity index (χ4n) is 10.0. The van der Waals surface area contributed by atoms with E-state index in [2.05, 4.69) is 243 Å². The third-order valence-electron chi connectivity index (χ3n) is 12.8. The maximum absolute atomic E-state index is 2.39. The zero-order valence-corrected chi connectivity index (χ0v) is 34.1. The van der Waals surface area contributed by atoms with E-state index in [0.717, 1.165) is 0 Å². The maximum atomic E-state index is 2.39. The normalized spacial score (nSPS) is 11.5. The van der Waals surface area contributed by atoms with Crippen LogP contribution in [0.15, 0.2) is 243 Å². The van der Waals surface area contributed by atoms with Gasteiger partial charge in [0.25, 0.3) is 0 Å². The van der Waals surface area contributed by atoms with Crippen molar-refractivity contribution in [2.45, 2.75) is 0 Å². The van der Waals surface area contributed by atoms with Crippen molar-refractivity contribution >= 4 is 53.9 Å². The molecule has 12 rings (SSSR count). The van der Waals surface area contributed by atoms with Crippen molar-refractivity contribution in [3.8, 4) is 66.8 Å². The van der Waals surface area contributed by atoms with Gasteiger partial charge in [-0.2, -0.15) is 0 Å². The summed E-state index contributed by atoms with van der Waals surface area (Å²) in [6.45, 7) is 0. The molecule has 0 aromatic heterocycles. The number of rotatable bonds is 6. The van der Waals surface area contributed by atoms with E-state index in [1.807, 2.05) is 0 Å². The highest BCUT2D eigenvalue weighted by molar-refractivity contribution is 6.23. The predicted octanol–water partition coefficient (Wildman–Crippen LogP) is 17.5. The van der Waals surface area contributed by atoms with Crippen molar-refractivity contribution in [2.75, 3.05) is 0 Å². The van der Waals surface area contributed by atoms with Gasteiger partial charge in [0.1, 0.15) is 0 Å². The van der Waals surface area contributed by atoms with Crippen LogP contribution in [-0.4, -0.2) is 0 Å². The minimum atomic E-state index is 1.19. The molecular weight excluding hydrogens is 745 g/mol. The molecule has 0 aliphatic carbocycles. The van der Waals surface area contributed by atoms with Crippen LogP contribution in [0, 0.1) is 0 Å². The number of hydrogen-bond donors (Lipinski definition) is 0. The van der Waals surface area contributed by atoms with Gasteiger partial charge in [-0.25, -0.2) is 0 Å². The quantitative estimate of drug-likeness (QED) is 0.147. The largest absolute Gasteiger partial charge is 0.0622 e. The first kappa shape index (κ1) is 35.8. The molecule has 0 bridgehead atoms. The molecule has 0 amide bonds. The van der Waals surface area contributed by atoms with Crippen LogP contribution in [0.2, 0.25) is 0 Å². The van der Waals surface area contributed by atoms with E-state index < -0.39 is 0 Å². The molecule has 0 unspecified atom stereocenters. The Morgan fingerprint density at radius 2 is 0.419 bits per heavy atom. The van der Waals surface area contributed by atoms with E-state index in [-0.39, 0.29) is 0 Å². The van der Waals surface area contributed by atoms with Crippen LogP contribution in [-0.2, 0) is 0 Å². The average molecular weight is 785 g/mol. The van der Waals surface area contributed by atoms with Crippen molar-refractivity contribution in [1.29, 1.82) is 0 Å². The fourth-order valence-corrected chi connectivity index (χ4v) is 10.0. The molecule has 0 aliphatic rings. The molecule has 0 aliphatic heterocycles. The minimum absolute atomic E-state index is 1.19. The van der Waals surface area contributed by atoms with Gasteiger partial charge in [-0.15, -0.1) is 0 Å². The van der Waals surface area contributed by atoms with Gasteiger partial charge in [-0.3, -0.25) is 0 Å². The highest BCUT2D eigenvalue weighted by Gasteiger charge is 2.19. The molecular formula is C62H40. The second-order valence-electron chi connectivity index (χ2n) is 16.4. The Hall–Kier alpha value is -8.06. The summed E-state index contributed by atoms with van der Waals surface area (Å²) in [5, 5.41) is 12.6. The zero-order valence-electron chi connectivity index (χ0n) is 34.1. The average Bonchev–Trinajstić information content (AvgIpc) is 3.35. The lowest BCUT2D eigenvalue weighted by Crippen LogP contribution is -1.92. The van der Waals surface area contributed by atoms with Gasteiger partial charge >= 0.3 is 0 Å². The Labute approximate surface area is 361 Å². The zero-order chi connectivity index (χ0) is 41.0. The topological polar surface area (TPSA) is 0 Å². The molecule has 0 fully saturated rings. The molecule has 0 radical (unpaired) electrons. The van der Waals surface area contributed by atoms with E-state index in [4.69, 9.17) is 0 Å². The molecule has 0 heteroatoms. The van der Waals surface area contributed by atoms with Crippen molar-refractivity contribution < 1.29 is 0 Å². The van der Waals surface area contributed by atoms with E-state index in [1.54, 1.807) is 0 Å². The SMILES string of the molecule is c1ccc(-c2cccc(-c3c4ccccc4c(-c4cccc(-c5cccc(-c6c7ccccc7c(-c7ccc8ccccc8c7)c7ccccc67)c5)c4)c4ccccc34)c2)cc1. The van der Waals surface area contributed by atoms with E-state index in [1.165, 1.54) is 121 Å². The van der Waals surface area contributed by atoms with Gasteiger partial charge in [0.05, 0.1) is 0 Å². The van der Waals surface area contributed by atoms with Gasteiger partial charge in [0.2, 0.25) is 0 Å². The fraction of sp³-hybridized carbons (Fsp3) is 0. The molecule has 62 heavy (non-hydrogen) atoms. The Bertz CT molecular complexity index is 3570. The lowest BCUT2D eigenvalue weighted by molar-refractivity contribution is 1.60. The summed E-state index contributed by atoms with van der Waals surface area (Å²) >= 11 is 0. The Balaban J connectivity index is 1.01. The summed E-state index contributed by atoms with van der Waals surface area (Å²) in [7, 11) is 0. The molecule has 0 N–H and O–H groups in total. The first-order valence-electron chi connectivity index (χ1n) is 21.5. The first-order valence-corrected chi connectivity index (χ1v) is 21.5. The van der Waals surface area contributed by atoms with Gasteiger partial charge in [0.15, 0.2) is 0 Å². The number of fused-ring (bicyclic) bond motifs is 5. The summed E-state index contributed by atoms with van der Waals surface area (Å²) in [5.74, 6) is 0. The van der Waals surface area contributed by atoms with Crippen molar-refractivity contribution in [1.82, 2.24) is 0 Å². The first-order chi connectivity index (χ1) is 30.8. The molecule has 12 aromatic carbocycles. The summed E-state index contributed by atoms with van der Waals surface area (Å²) in [6, 6.07) is 89.3. The second-order valence-corrected chi connectivity index (χ2v) is 16.4. The van der Waals surface area contributed by atoms with Crippen molar-refractivity contribution in [3.05, 3.63) is 243 Å². The molecule has 12 aromatic rings. The summed E-state index contributed by atoms with van der Waals surface area (Å²) in [5.41, 5.74) is 14.8. The van der Waals surface area contributed by atoms with Crippen LogP contribution in [0.25, 0.3) is 121 Å². The van der Waals surface area contributed by atoms with Gasteiger partial charge in [0, 0.05) is 0 Å². The second kappa shape index (κ2) is 14.9. The predicted molar refractivity (Wildman–Crippen MR) is 267 cm³/mol. The highest BCUT2D eigenvalue weighted by Crippen LogP contribution is 2.47. The van der Waals surface area contributed by atoms with Crippen LogP contribution in [0.1, 0.15) is 0 Å². The lowest BCUT2D eigenvalue weighted by Gasteiger charge is -2.19. The summed E-state index contributed by atoms with van der Waals surface area (Å²) < 4.78 is 0. The molecule has 288 valence electrons. The van der Waals surface area contributed by atoms with E-state index in [0.29, 0.717) is 0 Å². The number of benzene rings is 12. The number of hydrogen-bond acceptors (Lipinski definition) is 0.